The zero-order valence-electron chi connectivity index (χ0n) is 10.7. The van der Waals surface area contributed by atoms with Crippen molar-refractivity contribution in [2.24, 2.45) is 0 Å². The van der Waals surface area contributed by atoms with Crippen LogP contribution >= 0.6 is 15.9 Å². The first-order valence-electron chi connectivity index (χ1n) is 6.22. The molecule has 0 amide bonds. The van der Waals surface area contributed by atoms with Crippen LogP contribution in [0.1, 0.15) is 24.2 Å². The van der Waals surface area contributed by atoms with Crippen LogP contribution in [-0.2, 0) is 4.74 Å². The Labute approximate surface area is 116 Å². The fraction of sp³-hybridized carbons (Fsp3) is 0.500. The molecule has 4 heteroatoms. The van der Waals surface area contributed by atoms with Crippen LogP contribution in [0.15, 0.2) is 28.7 Å². The van der Waals surface area contributed by atoms with E-state index < -0.39 is 0 Å². The first-order valence-corrected chi connectivity index (χ1v) is 7.01. The van der Waals surface area contributed by atoms with Gasteiger partial charge in [0.25, 0.3) is 0 Å². The Hall–Kier alpha value is -0.710. The van der Waals surface area contributed by atoms with Crippen molar-refractivity contribution < 1.29 is 9.53 Å². The summed E-state index contributed by atoms with van der Waals surface area (Å²) in [6.45, 7) is 6.19. The van der Waals surface area contributed by atoms with E-state index in [0.717, 1.165) is 23.1 Å². The number of halogens is 1. The third kappa shape index (κ3) is 3.40. The van der Waals surface area contributed by atoms with E-state index in [1.807, 2.05) is 38.1 Å². The average Bonchev–Trinajstić information content (AvgIpc) is 2.27. The number of ketones is 1. The standard InChI is InChI=1S/C14H18BrNO2/c1-10-7-16(8-11(2)18-10)9-14(17)12-5-3-4-6-13(12)15/h3-6,10-11H,7-9H2,1-2H3/t10-,11+. The van der Waals surface area contributed by atoms with E-state index in [-0.39, 0.29) is 18.0 Å². The summed E-state index contributed by atoms with van der Waals surface area (Å²) in [7, 11) is 0. The summed E-state index contributed by atoms with van der Waals surface area (Å²) in [6, 6.07) is 7.57. The van der Waals surface area contributed by atoms with Crippen LogP contribution in [0.5, 0.6) is 0 Å². The number of rotatable bonds is 3. The molecule has 1 saturated heterocycles. The molecule has 0 bridgehead atoms. The first-order chi connectivity index (χ1) is 8.56. The molecule has 18 heavy (non-hydrogen) atoms. The molecule has 1 aliphatic rings. The van der Waals surface area contributed by atoms with Gasteiger partial charge in [0.15, 0.2) is 5.78 Å². The molecule has 98 valence electrons. The molecule has 1 fully saturated rings. The third-order valence-corrected chi connectivity index (χ3v) is 3.73. The Morgan fingerprint density at radius 1 is 1.33 bits per heavy atom. The minimum atomic E-state index is 0.156. The van der Waals surface area contributed by atoms with Crippen molar-refractivity contribution in [3.05, 3.63) is 34.3 Å². The number of carbonyl (C=O) groups is 1. The van der Waals surface area contributed by atoms with Crippen LogP contribution in [0.4, 0.5) is 0 Å². The predicted molar refractivity (Wildman–Crippen MR) is 74.9 cm³/mol. The van der Waals surface area contributed by atoms with Gasteiger partial charge < -0.3 is 4.74 Å². The lowest BCUT2D eigenvalue weighted by molar-refractivity contribution is -0.0652. The third-order valence-electron chi connectivity index (χ3n) is 3.04. The topological polar surface area (TPSA) is 29.5 Å². The number of Topliss-reactive ketones (excluding diaryl/α,β-unsaturated/α-hetero) is 1. The van der Waals surface area contributed by atoms with Crippen molar-refractivity contribution >= 4 is 21.7 Å². The number of benzene rings is 1. The summed E-state index contributed by atoms with van der Waals surface area (Å²) >= 11 is 3.42. The van der Waals surface area contributed by atoms with Crippen molar-refractivity contribution in [2.45, 2.75) is 26.1 Å². The molecule has 1 aliphatic heterocycles. The molecule has 0 radical (unpaired) electrons. The largest absolute Gasteiger partial charge is 0.373 e. The van der Waals surface area contributed by atoms with Crippen LogP contribution in [0.25, 0.3) is 0 Å². The maximum absolute atomic E-state index is 12.2. The highest BCUT2D eigenvalue weighted by Gasteiger charge is 2.24. The Morgan fingerprint density at radius 2 is 1.94 bits per heavy atom. The molecule has 0 saturated carbocycles. The minimum Gasteiger partial charge on any atom is -0.373 e. The lowest BCUT2D eigenvalue weighted by atomic mass is 10.1. The molecule has 3 nitrogen and oxygen atoms in total. The molecule has 1 aromatic rings. The summed E-state index contributed by atoms with van der Waals surface area (Å²) in [4.78, 5) is 14.4. The van der Waals surface area contributed by atoms with Crippen LogP contribution in [0.2, 0.25) is 0 Å². The van der Waals surface area contributed by atoms with E-state index >= 15 is 0 Å². The van der Waals surface area contributed by atoms with Crippen LogP contribution < -0.4 is 0 Å². The fourth-order valence-electron chi connectivity index (χ4n) is 2.39. The van der Waals surface area contributed by atoms with Crippen molar-refractivity contribution in [3.63, 3.8) is 0 Å². The zero-order valence-corrected chi connectivity index (χ0v) is 12.3. The van der Waals surface area contributed by atoms with Gasteiger partial charge in [0, 0.05) is 23.1 Å². The number of hydrogen-bond donors (Lipinski definition) is 0. The van der Waals surface area contributed by atoms with E-state index in [4.69, 9.17) is 4.74 Å². The van der Waals surface area contributed by atoms with E-state index in [1.165, 1.54) is 0 Å². The zero-order chi connectivity index (χ0) is 13.1. The maximum Gasteiger partial charge on any atom is 0.177 e. The van der Waals surface area contributed by atoms with Crippen LogP contribution in [0.3, 0.4) is 0 Å². The van der Waals surface area contributed by atoms with Crippen molar-refractivity contribution in [1.29, 1.82) is 0 Å². The lowest BCUT2D eigenvalue weighted by Gasteiger charge is -2.34. The number of ether oxygens (including phenoxy) is 1. The summed E-state index contributed by atoms with van der Waals surface area (Å²) in [6.07, 6.45) is 0.390. The molecule has 0 aromatic heterocycles. The molecule has 0 spiro atoms. The SMILES string of the molecule is C[C@@H]1CN(CC(=O)c2ccccc2Br)C[C@H](C)O1. The fourth-order valence-corrected chi connectivity index (χ4v) is 2.89. The Bertz CT molecular complexity index is 426. The molecule has 0 N–H and O–H groups in total. The molecule has 2 atom stereocenters. The van der Waals surface area contributed by atoms with Gasteiger partial charge in [-0.15, -0.1) is 0 Å². The number of nitrogens with zero attached hydrogens (tertiary/aromatic N) is 1. The number of carbonyl (C=O) groups excluding carboxylic acids is 1. The van der Waals surface area contributed by atoms with Crippen molar-refractivity contribution in [2.75, 3.05) is 19.6 Å². The van der Waals surface area contributed by atoms with Gasteiger partial charge in [-0.3, -0.25) is 9.69 Å². The second kappa shape index (κ2) is 5.95. The number of morpholine rings is 1. The van der Waals surface area contributed by atoms with Crippen molar-refractivity contribution in [1.82, 2.24) is 4.90 Å². The molecular formula is C14H18BrNO2. The molecule has 0 unspecified atom stereocenters. The summed E-state index contributed by atoms with van der Waals surface area (Å²) in [5, 5.41) is 0. The quantitative estimate of drug-likeness (QED) is 0.804. The molecule has 2 rings (SSSR count). The van der Waals surface area contributed by atoms with Crippen molar-refractivity contribution in [3.8, 4) is 0 Å². The highest BCUT2D eigenvalue weighted by molar-refractivity contribution is 9.10. The van der Waals surface area contributed by atoms with Gasteiger partial charge in [-0.05, 0) is 19.9 Å². The first kappa shape index (κ1) is 13.7. The van der Waals surface area contributed by atoms with E-state index in [2.05, 4.69) is 20.8 Å². The molecular weight excluding hydrogens is 294 g/mol. The number of hydrogen-bond acceptors (Lipinski definition) is 3. The van der Waals surface area contributed by atoms with Gasteiger partial charge in [0.05, 0.1) is 18.8 Å². The van der Waals surface area contributed by atoms with E-state index in [9.17, 15) is 4.79 Å². The second-order valence-electron chi connectivity index (χ2n) is 4.85. The molecule has 1 aromatic carbocycles. The molecule has 1 heterocycles. The van der Waals surface area contributed by atoms with Gasteiger partial charge in [0.1, 0.15) is 0 Å². The summed E-state index contributed by atoms with van der Waals surface area (Å²) in [5.74, 6) is 0.156. The van der Waals surface area contributed by atoms with Gasteiger partial charge >= 0.3 is 0 Å². The highest BCUT2D eigenvalue weighted by Crippen LogP contribution is 2.18. The normalized spacial score (nSPS) is 25.1. The smallest absolute Gasteiger partial charge is 0.177 e. The lowest BCUT2D eigenvalue weighted by Crippen LogP contribution is -2.47. The minimum absolute atomic E-state index is 0.156. The van der Waals surface area contributed by atoms with Gasteiger partial charge in [-0.25, -0.2) is 0 Å². The second-order valence-corrected chi connectivity index (χ2v) is 5.71. The molecule has 0 aliphatic carbocycles. The highest BCUT2D eigenvalue weighted by atomic mass is 79.9. The van der Waals surface area contributed by atoms with Gasteiger partial charge in [-0.1, -0.05) is 34.1 Å². The van der Waals surface area contributed by atoms with Gasteiger partial charge in [0.2, 0.25) is 0 Å². The van der Waals surface area contributed by atoms with Gasteiger partial charge in [-0.2, -0.15) is 0 Å². The Balaban J connectivity index is 2.01. The summed E-state index contributed by atoms with van der Waals surface area (Å²) in [5.41, 5.74) is 0.754. The van der Waals surface area contributed by atoms with Crippen LogP contribution in [-0.4, -0.2) is 42.5 Å². The van der Waals surface area contributed by atoms with E-state index in [1.54, 1.807) is 0 Å². The average molecular weight is 312 g/mol. The van der Waals surface area contributed by atoms with Crippen LogP contribution in [0, 0.1) is 0 Å². The summed E-state index contributed by atoms with van der Waals surface area (Å²) < 4.78 is 6.53. The predicted octanol–water partition coefficient (Wildman–Crippen LogP) is 2.74. The monoisotopic (exact) mass is 311 g/mol. The Morgan fingerprint density at radius 3 is 2.56 bits per heavy atom. The maximum atomic E-state index is 12.2. The Kier molecular flexibility index (Phi) is 4.54. The van der Waals surface area contributed by atoms with E-state index in [0.29, 0.717) is 6.54 Å².